The Morgan fingerprint density at radius 3 is 2.62 bits per heavy atom. The number of allylic oxidation sites excluding steroid dienone is 2. The number of fused-ring (bicyclic) bond motifs is 3. The fourth-order valence-corrected chi connectivity index (χ4v) is 6.48. The van der Waals surface area contributed by atoms with Crippen LogP contribution in [-0.2, 0) is 19.0 Å². The van der Waals surface area contributed by atoms with E-state index < -0.39 is 48.9 Å². The van der Waals surface area contributed by atoms with E-state index in [1.807, 2.05) is 43.3 Å². The van der Waals surface area contributed by atoms with Crippen LogP contribution in [0.5, 0.6) is 5.75 Å². The number of likely N-dealkylation sites (tertiary alicyclic amines) is 1. The molecule has 8 nitrogen and oxygen atoms in total. The smallest absolute Gasteiger partial charge is 0.455 e. The first-order valence-electron chi connectivity index (χ1n) is 12.9. The first-order chi connectivity index (χ1) is 18.7. The molecule has 39 heavy (non-hydrogen) atoms. The first kappa shape index (κ1) is 27.2. The van der Waals surface area contributed by atoms with Crippen LogP contribution in [0.15, 0.2) is 59.7 Å². The van der Waals surface area contributed by atoms with Gasteiger partial charge in [-0.05, 0) is 85.0 Å². The minimum Gasteiger partial charge on any atom is -0.508 e. The van der Waals surface area contributed by atoms with E-state index in [0.29, 0.717) is 29.2 Å². The van der Waals surface area contributed by atoms with Crippen LogP contribution in [0.1, 0.15) is 37.3 Å². The summed E-state index contributed by atoms with van der Waals surface area (Å²) in [4.78, 5) is 39.0. The van der Waals surface area contributed by atoms with Crippen molar-refractivity contribution in [3.63, 3.8) is 0 Å². The van der Waals surface area contributed by atoms with Gasteiger partial charge < -0.3 is 19.5 Å². The molecule has 202 valence electrons. The number of amides is 3. The van der Waals surface area contributed by atoms with Gasteiger partial charge in [0.2, 0.25) is 11.8 Å². The number of aromatic hydroxyl groups is 1. The second-order valence-corrected chi connectivity index (χ2v) is 10.7. The number of methoxy groups -OCH3 is 1. The van der Waals surface area contributed by atoms with Gasteiger partial charge in [-0.2, -0.15) is 4.90 Å². The number of carbonyl (C=O) groups excluding carboxylic acids is 3. The van der Waals surface area contributed by atoms with E-state index in [9.17, 15) is 24.5 Å². The molecule has 2 saturated heterocycles. The zero-order chi connectivity index (χ0) is 27.8. The molecule has 0 bridgehead atoms. The highest BCUT2D eigenvalue weighted by Gasteiger charge is 2.58. The minimum absolute atomic E-state index is 0.0813. The van der Waals surface area contributed by atoms with E-state index >= 15 is 0 Å². The monoisotopic (exact) mass is 549 g/mol. The van der Waals surface area contributed by atoms with Gasteiger partial charge in [-0.1, -0.05) is 47.5 Å². The lowest BCUT2D eigenvalue weighted by atomic mass is 9.58. The summed E-state index contributed by atoms with van der Waals surface area (Å²) in [6, 6.07) is 14.6. The normalized spacial score (nSPS) is 25.1. The zero-order valence-electron chi connectivity index (χ0n) is 21.7. The molecule has 3 amide bonds. The molecule has 10 heteroatoms. The number of hydrogen-bond donors (Lipinski definition) is 2. The number of ether oxygens (including phenoxy) is 1. The molecule has 0 unspecified atom stereocenters. The zero-order valence-corrected chi connectivity index (χ0v) is 22.4. The van der Waals surface area contributed by atoms with Gasteiger partial charge in [0.25, 0.3) is 0 Å². The average Bonchev–Trinajstić information content (AvgIpc) is 3.16. The molecule has 0 aromatic heterocycles. The Balaban J connectivity index is 1.45. The quantitative estimate of drug-likeness (QED) is 0.235. The fourth-order valence-electron chi connectivity index (χ4n) is 6.25. The summed E-state index contributed by atoms with van der Waals surface area (Å²) >= 11 is 6.39. The van der Waals surface area contributed by atoms with Crippen molar-refractivity contribution >= 4 is 48.3 Å². The lowest BCUT2D eigenvalue weighted by Crippen LogP contribution is -2.46. The Kier molecular flexibility index (Phi) is 7.67. The minimum atomic E-state index is -1.11. The van der Waals surface area contributed by atoms with E-state index in [4.69, 9.17) is 16.3 Å². The van der Waals surface area contributed by atoms with Crippen LogP contribution >= 0.6 is 11.6 Å². The van der Waals surface area contributed by atoms with Gasteiger partial charge in [0.15, 0.2) is 0 Å². The Bertz CT molecular complexity index is 1370. The third-order valence-corrected chi connectivity index (χ3v) is 8.27. The van der Waals surface area contributed by atoms with E-state index in [2.05, 4.69) is 4.74 Å². The summed E-state index contributed by atoms with van der Waals surface area (Å²) in [7, 11) is 0.0260. The second-order valence-electron chi connectivity index (χ2n) is 10.3. The summed E-state index contributed by atoms with van der Waals surface area (Å²) in [6.07, 6.45) is 2.11. The SMILES string of the molecule is COC(=O)N1C(=O)[C@@H]2[C@@H](CC(C)=C3[C@@H](CC/C(=C/c4ccc(O)cc4Cl)c4ccccc4)OB(O)C[C@@H]32)C1=O. The summed E-state index contributed by atoms with van der Waals surface area (Å²) in [5.41, 5.74) is 4.60. The maximum Gasteiger partial charge on any atom is 0.455 e. The van der Waals surface area contributed by atoms with Crippen LogP contribution in [0.4, 0.5) is 4.79 Å². The third kappa shape index (κ3) is 5.14. The predicted octanol–water partition coefficient (Wildman–Crippen LogP) is 4.95. The molecule has 0 spiro atoms. The summed E-state index contributed by atoms with van der Waals surface area (Å²) in [5.74, 6) is -2.86. The van der Waals surface area contributed by atoms with Crippen molar-refractivity contribution in [3.8, 4) is 5.75 Å². The molecule has 1 aliphatic carbocycles. The molecule has 2 aromatic rings. The van der Waals surface area contributed by atoms with Gasteiger partial charge in [0, 0.05) is 0 Å². The van der Waals surface area contributed by atoms with E-state index in [1.165, 1.54) is 6.07 Å². The highest BCUT2D eigenvalue weighted by molar-refractivity contribution is 6.43. The summed E-state index contributed by atoms with van der Waals surface area (Å²) in [6.45, 7) is 1.93. The Hall–Kier alpha value is -3.40. The summed E-state index contributed by atoms with van der Waals surface area (Å²) < 4.78 is 10.7. The molecular formula is C29H29BClNO7. The fraction of sp³-hybridized carbons (Fsp3) is 0.345. The molecule has 2 N–H and O–H groups in total. The van der Waals surface area contributed by atoms with Crippen molar-refractivity contribution in [2.24, 2.45) is 17.8 Å². The van der Waals surface area contributed by atoms with Crippen molar-refractivity contribution in [1.82, 2.24) is 4.90 Å². The molecule has 2 heterocycles. The molecule has 2 aliphatic heterocycles. The number of phenols is 1. The molecule has 2 fully saturated rings. The van der Waals surface area contributed by atoms with Crippen molar-refractivity contribution < 1.29 is 33.9 Å². The van der Waals surface area contributed by atoms with Crippen molar-refractivity contribution in [3.05, 3.63) is 75.8 Å². The molecule has 0 saturated carbocycles. The number of halogens is 1. The van der Waals surface area contributed by atoms with E-state index in [0.717, 1.165) is 35.0 Å². The van der Waals surface area contributed by atoms with Gasteiger partial charge >= 0.3 is 13.2 Å². The van der Waals surface area contributed by atoms with Crippen LogP contribution in [0.2, 0.25) is 11.3 Å². The number of carbonyl (C=O) groups is 3. The van der Waals surface area contributed by atoms with Crippen LogP contribution in [0.3, 0.4) is 0 Å². The summed E-state index contributed by atoms with van der Waals surface area (Å²) in [5, 5.41) is 20.9. The first-order valence-corrected chi connectivity index (χ1v) is 13.3. The molecule has 4 atom stereocenters. The third-order valence-electron chi connectivity index (χ3n) is 7.94. The highest BCUT2D eigenvalue weighted by atomic mass is 35.5. The van der Waals surface area contributed by atoms with E-state index in [-0.39, 0.29) is 12.1 Å². The van der Waals surface area contributed by atoms with Crippen molar-refractivity contribution in [2.75, 3.05) is 7.11 Å². The molecular weight excluding hydrogens is 521 g/mol. The standard InChI is InChI=1S/C29H29BClNO7/c1-16-12-21-26(28(35)32(27(21)34)29(36)38-2)22-15-30(37)39-24(25(16)22)11-9-18(17-6-4-3-5-7-17)13-19-8-10-20(33)14-23(19)31/h3-8,10,13-14,21-22,24,26,33,37H,9,11-12,15H2,1-2H3/b18-13-/t21-,22+,24-,26-/m1/s1. The van der Waals surface area contributed by atoms with Gasteiger partial charge in [0.1, 0.15) is 5.75 Å². The number of phenolic OH excluding ortho intramolecular Hbond substituents is 1. The predicted molar refractivity (Wildman–Crippen MR) is 146 cm³/mol. The Morgan fingerprint density at radius 2 is 1.92 bits per heavy atom. The van der Waals surface area contributed by atoms with Crippen molar-refractivity contribution in [1.29, 1.82) is 0 Å². The molecule has 5 rings (SSSR count). The second kappa shape index (κ2) is 11.0. The van der Waals surface area contributed by atoms with Crippen LogP contribution in [-0.4, -0.2) is 53.3 Å². The number of hydrogen-bond acceptors (Lipinski definition) is 7. The van der Waals surface area contributed by atoms with E-state index in [1.54, 1.807) is 12.1 Å². The number of benzene rings is 2. The lowest BCUT2D eigenvalue weighted by molar-refractivity contribution is -0.137. The Morgan fingerprint density at radius 1 is 1.18 bits per heavy atom. The topological polar surface area (TPSA) is 113 Å². The Labute approximate surface area is 232 Å². The van der Waals surface area contributed by atoms with Crippen molar-refractivity contribution in [2.45, 2.75) is 38.6 Å². The maximum absolute atomic E-state index is 13.3. The lowest BCUT2D eigenvalue weighted by Gasteiger charge is -2.42. The number of nitrogens with zero attached hydrogens (tertiary/aromatic N) is 1. The van der Waals surface area contributed by atoms with Gasteiger partial charge in [-0.15, -0.1) is 0 Å². The van der Waals surface area contributed by atoms with Crippen LogP contribution in [0.25, 0.3) is 11.6 Å². The number of imide groups is 3. The van der Waals surface area contributed by atoms with Crippen LogP contribution in [0, 0.1) is 17.8 Å². The number of rotatable bonds is 5. The van der Waals surface area contributed by atoms with Gasteiger partial charge in [-0.3, -0.25) is 9.59 Å². The van der Waals surface area contributed by atoms with Crippen LogP contribution < -0.4 is 0 Å². The maximum atomic E-state index is 13.3. The average molecular weight is 550 g/mol. The van der Waals surface area contributed by atoms with Gasteiger partial charge in [-0.25, -0.2) is 4.79 Å². The largest absolute Gasteiger partial charge is 0.508 e. The molecule has 3 aliphatic rings. The molecule has 0 radical (unpaired) electrons. The molecule has 2 aromatic carbocycles. The highest BCUT2D eigenvalue weighted by Crippen LogP contribution is 2.50. The van der Waals surface area contributed by atoms with Gasteiger partial charge in [0.05, 0.1) is 30.1 Å².